The number of aromatic nitrogens is 2. The fourth-order valence-electron chi connectivity index (χ4n) is 7.34. The Bertz CT molecular complexity index is 1720. The molecule has 4 aliphatic heterocycles. The average molecular weight is 752 g/mol. The van der Waals surface area contributed by atoms with Gasteiger partial charge in [-0.3, -0.25) is 24.6 Å². The fourth-order valence-corrected chi connectivity index (χ4v) is 8.40. The zero-order valence-corrected chi connectivity index (χ0v) is 31.9. The molecule has 2 aromatic carbocycles. The minimum Gasteiger partial charge on any atom is -0.493 e. The third kappa shape index (κ3) is 10.7. The average Bonchev–Trinajstić information content (AvgIpc) is 3.18. The van der Waals surface area contributed by atoms with Crippen LogP contribution in [0.4, 0.5) is 15.8 Å². The van der Waals surface area contributed by atoms with E-state index in [2.05, 4.69) is 47.4 Å². The number of rotatable bonds is 12. The van der Waals surface area contributed by atoms with Gasteiger partial charge in [-0.05, 0) is 75.4 Å². The van der Waals surface area contributed by atoms with Crippen LogP contribution in [0, 0.1) is 11.7 Å². The second kappa shape index (κ2) is 19.0. The molecule has 1 aromatic heterocycles. The van der Waals surface area contributed by atoms with Crippen LogP contribution in [-0.2, 0) is 20.1 Å². The van der Waals surface area contributed by atoms with Crippen molar-refractivity contribution in [2.45, 2.75) is 69.4 Å². The molecule has 1 atom stereocenters. The molecule has 0 saturated carbocycles. The summed E-state index contributed by atoms with van der Waals surface area (Å²) >= 11 is 1.76. The summed E-state index contributed by atoms with van der Waals surface area (Å²) in [7, 11) is 0. The Morgan fingerprint density at radius 1 is 0.925 bits per heavy atom. The van der Waals surface area contributed by atoms with E-state index in [9.17, 15) is 18.8 Å². The van der Waals surface area contributed by atoms with Crippen LogP contribution in [0.5, 0.6) is 5.75 Å². The topological polar surface area (TPSA) is 132 Å². The van der Waals surface area contributed by atoms with Crippen molar-refractivity contribution in [1.29, 1.82) is 0 Å². The molecule has 3 aromatic rings. The molecule has 3 N–H and O–H groups in total. The molecular weight excluding hydrogens is 698 g/mol. The number of H-pyrrole nitrogens is 1. The first-order valence-electron chi connectivity index (χ1n) is 19.3. The molecular formula is C39H54FN7O5S. The Kier molecular flexibility index (Phi) is 14.0. The van der Waals surface area contributed by atoms with E-state index in [-0.39, 0.29) is 23.2 Å². The number of piperidine rings is 2. The molecule has 2 amide bonds. The maximum absolute atomic E-state index is 15.0. The molecule has 288 valence electrons. The summed E-state index contributed by atoms with van der Waals surface area (Å²) in [5, 5.41) is 6.09. The molecule has 4 saturated heterocycles. The number of amides is 2. The number of nitrogens with zero attached hydrogens (tertiary/aromatic N) is 4. The number of benzene rings is 2. The van der Waals surface area contributed by atoms with E-state index in [0.29, 0.717) is 53.5 Å². The first-order valence-corrected chi connectivity index (χ1v) is 20.4. The first kappa shape index (κ1) is 39.0. The molecule has 0 radical (unpaired) electrons. The summed E-state index contributed by atoms with van der Waals surface area (Å²) in [5.74, 6) is 0.870. The summed E-state index contributed by atoms with van der Waals surface area (Å²) < 4.78 is 26.5. The van der Waals surface area contributed by atoms with Gasteiger partial charge in [0.25, 0.3) is 5.56 Å². The highest BCUT2D eigenvalue weighted by atomic mass is 32.2. The normalized spacial score (nSPS) is 20.9. The summed E-state index contributed by atoms with van der Waals surface area (Å²) in [6, 6.07) is 10.8. The fraction of sp³-hybridized carbons (Fsp3) is 0.590. The van der Waals surface area contributed by atoms with Gasteiger partial charge in [-0.15, -0.1) is 0 Å². The number of likely N-dealkylation sites (tertiary alicyclic amines) is 1. The van der Waals surface area contributed by atoms with Crippen molar-refractivity contribution in [3.8, 4) is 5.75 Å². The molecule has 4 aliphatic rings. The predicted molar refractivity (Wildman–Crippen MR) is 208 cm³/mol. The number of carbonyl (C=O) groups excluding carboxylic acids is 2. The second-order valence-corrected chi connectivity index (χ2v) is 15.3. The zero-order chi connectivity index (χ0) is 37.2. The number of carbonyl (C=O) groups is 2. The summed E-state index contributed by atoms with van der Waals surface area (Å²) in [5.41, 5.74) is 1.94. The van der Waals surface area contributed by atoms with E-state index in [1.165, 1.54) is 11.8 Å². The van der Waals surface area contributed by atoms with Gasteiger partial charge in [0.1, 0.15) is 28.8 Å². The van der Waals surface area contributed by atoms with Gasteiger partial charge in [-0.2, -0.15) is 11.8 Å². The smallest absolute Gasteiger partial charge is 0.261 e. The van der Waals surface area contributed by atoms with Crippen molar-refractivity contribution in [2.24, 2.45) is 5.92 Å². The number of anilines is 2. The maximum Gasteiger partial charge on any atom is 0.261 e. The Balaban J connectivity index is 0.00000236. The van der Waals surface area contributed by atoms with Crippen molar-refractivity contribution < 1.29 is 23.5 Å². The molecule has 53 heavy (non-hydrogen) atoms. The van der Waals surface area contributed by atoms with Gasteiger partial charge in [0.05, 0.1) is 17.9 Å². The lowest BCUT2D eigenvalue weighted by Gasteiger charge is -2.38. The van der Waals surface area contributed by atoms with Crippen molar-refractivity contribution in [2.75, 3.05) is 82.4 Å². The Labute approximate surface area is 315 Å². The van der Waals surface area contributed by atoms with Gasteiger partial charge in [0.15, 0.2) is 0 Å². The van der Waals surface area contributed by atoms with Crippen LogP contribution in [0.2, 0.25) is 0 Å². The lowest BCUT2D eigenvalue weighted by atomic mass is 9.98. The van der Waals surface area contributed by atoms with E-state index in [1.807, 2.05) is 26.0 Å². The SMILES string of the molecule is CC.O=C1CCC(Nc2ccc(N3CCN(CCN4CCC(COc5cc(F)c6c(=O)[nH]c(CSC7CCOCC7)nc6c5)CC4)CC3)cc2)C(=O)N1. The van der Waals surface area contributed by atoms with Gasteiger partial charge in [-0.1, -0.05) is 13.8 Å². The van der Waals surface area contributed by atoms with Gasteiger partial charge in [0.2, 0.25) is 11.8 Å². The predicted octanol–water partition coefficient (Wildman–Crippen LogP) is 4.63. The molecule has 0 spiro atoms. The summed E-state index contributed by atoms with van der Waals surface area (Å²) in [6.07, 6.45) is 4.90. The molecule has 4 fully saturated rings. The quantitative estimate of drug-likeness (QED) is 0.224. The molecule has 1 unspecified atom stereocenters. The van der Waals surface area contributed by atoms with Crippen LogP contribution in [0.1, 0.15) is 58.2 Å². The number of ether oxygens (including phenoxy) is 2. The number of halogens is 1. The number of fused-ring (bicyclic) bond motifs is 1. The van der Waals surface area contributed by atoms with Crippen molar-refractivity contribution >= 4 is 45.9 Å². The van der Waals surface area contributed by atoms with E-state index in [0.717, 1.165) is 96.9 Å². The number of piperazine rings is 1. The zero-order valence-electron chi connectivity index (χ0n) is 31.0. The number of thioether (sulfide) groups is 1. The minimum atomic E-state index is -0.604. The highest BCUT2D eigenvalue weighted by Crippen LogP contribution is 2.27. The highest BCUT2D eigenvalue weighted by molar-refractivity contribution is 7.99. The van der Waals surface area contributed by atoms with Gasteiger partial charge in [-0.25, -0.2) is 9.37 Å². The number of aromatic amines is 1. The van der Waals surface area contributed by atoms with Crippen LogP contribution in [0.15, 0.2) is 41.2 Å². The standard InChI is InChI=1S/C37H48FN7O5S.C2H6/c38-30-21-28(22-32-35(30)37(48)41-33(40-32)24-51-29-9-19-49-20-10-29)50-23-25-7-11-43(12-8-25)13-14-44-15-17-45(18-16-44)27-3-1-26(2-4-27)39-31-5-6-34(46)42-36(31)47;1-2/h1-4,21-22,25,29,31,39H,5-20,23-24H2,(H,40,41,48)(H,42,46,47);1-2H3. The van der Waals surface area contributed by atoms with Crippen LogP contribution in [0.25, 0.3) is 10.9 Å². The number of hydrogen-bond donors (Lipinski definition) is 3. The molecule has 7 rings (SSSR count). The lowest BCUT2D eigenvalue weighted by molar-refractivity contribution is -0.133. The first-order chi connectivity index (χ1) is 25.9. The molecule has 0 bridgehead atoms. The number of nitrogens with one attached hydrogen (secondary N) is 3. The molecule has 14 heteroatoms. The van der Waals surface area contributed by atoms with Crippen molar-refractivity contribution in [3.63, 3.8) is 0 Å². The van der Waals surface area contributed by atoms with Gasteiger partial charge in [0, 0.05) is 87.7 Å². The highest BCUT2D eigenvalue weighted by Gasteiger charge is 2.27. The summed E-state index contributed by atoms with van der Waals surface area (Å²) in [6.45, 7) is 14.1. The Morgan fingerprint density at radius 2 is 1.62 bits per heavy atom. The van der Waals surface area contributed by atoms with Gasteiger partial charge < -0.3 is 29.6 Å². The third-order valence-electron chi connectivity index (χ3n) is 10.5. The van der Waals surface area contributed by atoms with Crippen molar-refractivity contribution in [1.82, 2.24) is 25.1 Å². The third-order valence-corrected chi connectivity index (χ3v) is 11.9. The number of hydrogen-bond acceptors (Lipinski definition) is 11. The van der Waals surface area contributed by atoms with E-state index in [4.69, 9.17) is 9.47 Å². The largest absolute Gasteiger partial charge is 0.493 e. The van der Waals surface area contributed by atoms with Crippen LogP contribution in [-0.4, -0.2) is 115 Å². The van der Waals surface area contributed by atoms with Crippen molar-refractivity contribution in [3.05, 3.63) is 58.4 Å². The monoisotopic (exact) mass is 751 g/mol. The maximum atomic E-state index is 15.0. The molecule has 5 heterocycles. The number of imide groups is 1. The van der Waals surface area contributed by atoms with E-state index in [1.54, 1.807) is 17.8 Å². The van der Waals surface area contributed by atoms with Gasteiger partial charge >= 0.3 is 0 Å². The molecule has 0 aliphatic carbocycles. The lowest BCUT2D eigenvalue weighted by Crippen LogP contribution is -2.49. The van der Waals surface area contributed by atoms with Crippen LogP contribution < -0.4 is 25.8 Å². The Morgan fingerprint density at radius 3 is 2.32 bits per heavy atom. The van der Waals surface area contributed by atoms with E-state index < -0.39 is 11.4 Å². The Hall–Kier alpha value is -3.72. The minimum absolute atomic E-state index is 0.0212. The summed E-state index contributed by atoms with van der Waals surface area (Å²) in [4.78, 5) is 51.0. The second-order valence-electron chi connectivity index (χ2n) is 14.1. The van der Waals surface area contributed by atoms with E-state index >= 15 is 0 Å². The van der Waals surface area contributed by atoms with Crippen LogP contribution in [0.3, 0.4) is 0 Å². The van der Waals surface area contributed by atoms with Crippen LogP contribution >= 0.6 is 11.8 Å². The molecule has 12 nitrogen and oxygen atoms in total.